The standard InChI is InChI=1S/C25H27ClFN7O2S/c1-14-11-33(13-20(36-14)15-10-28-34(12-15)17-4-5-17)24-29-21(18-6-3-16(26)9-19(18)27)22-23(30-24)31-25(37-22)32(2)7-8-35/h3,6,9-10,12,14,17,20,35H,4-5,7-8,11,13H2,1-2H3/t14-,20-/m1/s1. The highest BCUT2D eigenvalue weighted by Crippen LogP contribution is 2.39. The maximum absolute atomic E-state index is 15.1. The molecule has 1 N–H and O–H groups in total. The van der Waals surface area contributed by atoms with Crippen LogP contribution in [0.15, 0.2) is 30.6 Å². The highest BCUT2D eigenvalue weighted by molar-refractivity contribution is 7.22. The summed E-state index contributed by atoms with van der Waals surface area (Å²) in [5.41, 5.74) is 2.31. The molecule has 12 heteroatoms. The fraction of sp³-hybridized carbons (Fsp3) is 0.440. The monoisotopic (exact) mass is 543 g/mol. The molecule has 2 atom stereocenters. The van der Waals surface area contributed by atoms with Crippen LogP contribution in [0.25, 0.3) is 21.6 Å². The Labute approximate surface area is 222 Å². The van der Waals surface area contributed by atoms with E-state index in [0.717, 1.165) is 18.4 Å². The zero-order valence-electron chi connectivity index (χ0n) is 20.5. The molecule has 0 unspecified atom stereocenters. The zero-order valence-corrected chi connectivity index (χ0v) is 22.1. The second kappa shape index (κ2) is 9.79. The van der Waals surface area contributed by atoms with Crippen LogP contribution in [0.4, 0.5) is 15.5 Å². The lowest BCUT2D eigenvalue weighted by Gasteiger charge is -2.36. The molecule has 0 bridgehead atoms. The van der Waals surface area contributed by atoms with E-state index >= 15 is 4.39 Å². The third-order valence-corrected chi connectivity index (χ3v) is 8.04. The van der Waals surface area contributed by atoms with Crippen LogP contribution >= 0.6 is 22.9 Å². The largest absolute Gasteiger partial charge is 0.395 e. The number of rotatable bonds is 7. The van der Waals surface area contributed by atoms with Crippen molar-refractivity contribution in [1.29, 1.82) is 0 Å². The lowest BCUT2D eigenvalue weighted by atomic mass is 10.1. The molecule has 37 heavy (non-hydrogen) atoms. The van der Waals surface area contributed by atoms with E-state index < -0.39 is 5.82 Å². The molecule has 2 fully saturated rings. The number of likely N-dealkylation sites (N-methyl/N-ethyl adjacent to an activating group) is 1. The van der Waals surface area contributed by atoms with Gasteiger partial charge >= 0.3 is 0 Å². The normalized spacial score (nSPS) is 20.1. The highest BCUT2D eigenvalue weighted by Gasteiger charge is 2.32. The third kappa shape index (κ3) is 4.88. The molecule has 1 saturated heterocycles. The Morgan fingerprint density at radius 1 is 1.24 bits per heavy atom. The van der Waals surface area contributed by atoms with Crippen LogP contribution in [0.3, 0.4) is 0 Å². The highest BCUT2D eigenvalue weighted by atomic mass is 35.5. The number of aromatic nitrogens is 5. The van der Waals surface area contributed by atoms with Crippen molar-refractivity contribution in [3.8, 4) is 11.3 Å². The van der Waals surface area contributed by atoms with E-state index in [1.54, 1.807) is 12.1 Å². The van der Waals surface area contributed by atoms with E-state index in [1.165, 1.54) is 17.4 Å². The van der Waals surface area contributed by atoms with Gasteiger partial charge in [0.15, 0.2) is 10.8 Å². The number of anilines is 2. The number of nitrogens with zero attached hydrogens (tertiary/aromatic N) is 7. The number of halogens is 2. The van der Waals surface area contributed by atoms with Gasteiger partial charge in [-0.15, -0.1) is 0 Å². The molecule has 0 radical (unpaired) electrons. The third-order valence-electron chi connectivity index (χ3n) is 6.64. The maximum atomic E-state index is 15.1. The Hall–Kier alpha value is -2.86. The van der Waals surface area contributed by atoms with Crippen molar-refractivity contribution in [2.24, 2.45) is 0 Å². The van der Waals surface area contributed by atoms with Crippen LogP contribution < -0.4 is 9.80 Å². The van der Waals surface area contributed by atoms with Gasteiger partial charge in [-0.05, 0) is 38.0 Å². The van der Waals surface area contributed by atoms with E-state index in [4.69, 9.17) is 31.3 Å². The molecule has 3 aromatic heterocycles. The van der Waals surface area contributed by atoms with Crippen molar-refractivity contribution in [2.75, 3.05) is 43.1 Å². The molecule has 1 aliphatic heterocycles. The summed E-state index contributed by atoms with van der Waals surface area (Å²) in [4.78, 5) is 18.3. The lowest BCUT2D eigenvalue weighted by Crippen LogP contribution is -2.43. The van der Waals surface area contributed by atoms with E-state index in [2.05, 4.69) is 16.2 Å². The molecule has 2 aliphatic rings. The zero-order chi connectivity index (χ0) is 25.7. The number of hydrogen-bond donors (Lipinski definition) is 1. The first-order chi connectivity index (χ1) is 17.9. The second-order valence-corrected chi connectivity index (χ2v) is 11.0. The summed E-state index contributed by atoms with van der Waals surface area (Å²) in [7, 11) is 1.85. The van der Waals surface area contributed by atoms with Crippen LogP contribution in [0.1, 0.15) is 37.5 Å². The molecule has 4 heterocycles. The fourth-order valence-electron chi connectivity index (χ4n) is 4.57. The second-order valence-electron chi connectivity index (χ2n) is 9.62. The number of aliphatic hydroxyl groups excluding tert-OH is 1. The Morgan fingerprint density at radius 2 is 2.08 bits per heavy atom. The Balaban J connectivity index is 1.41. The first-order valence-corrected chi connectivity index (χ1v) is 13.5. The molecule has 9 nitrogen and oxygen atoms in total. The van der Waals surface area contributed by atoms with Crippen molar-refractivity contribution in [2.45, 2.75) is 38.0 Å². The summed E-state index contributed by atoms with van der Waals surface area (Å²) < 4.78 is 24.1. The topological polar surface area (TPSA) is 92.4 Å². The Morgan fingerprint density at radius 3 is 2.84 bits per heavy atom. The van der Waals surface area contributed by atoms with E-state index in [9.17, 15) is 5.11 Å². The summed E-state index contributed by atoms with van der Waals surface area (Å²) in [5, 5.41) is 14.9. The van der Waals surface area contributed by atoms with Gasteiger partial charge in [0.05, 0.1) is 37.2 Å². The van der Waals surface area contributed by atoms with Crippen LogP contribution in [0, 0.1) is 5.82 Å². The predicted molar refractivity (Wildman–Crippen MR) is 142 cm³/mol. The van der Waals surface area contributed by atoms with E-state index in [1.807, 2.05) is 29.7 Å². The van der Waals surface area contributed by atoms with Gasteiger partial charge in [0.1, 0.15) is 16.6 Å². The number of thiazole rings is 1. The molecule has 0 amide bonds. The number of benzene rings is 1. The summed E-state index contributed by atoms with van der Waals surface area (Å²) in [6.45, 7) is 3.56. The number of aliphatic hydroxyl groups is 1. The fourth-order valence-corrected chi connectivity index (χ4v) is 5.73. The minimum Gasteiger partial charge on any atom is -0.395 e. The van der Waals surface area contributed by atoms with Crippen LogP contribution in [0.2, 0.25) is 5.02 Å². The minimum atomic E-state index is -0.460. The predicted octanol–water partition coefficient (Wildman–Crippen LogP) is 4.47. The minimum absolute atomic E-state index is 0.00753. The van der Waals surface area contributed by atoms with Gasteiger partial charge in [-0.25, -0.2) is 9.37 Å². The van der Waals surface area contributed by atoms with Gasteiger partial charge in [-0.3, -0.25) is 4.68 Å². The van der Waals surface area contributed by atoms with Crippen molar-refractivity contribution < 1.29 is 14.2 Å². The summed E-state index contributed by atoms with van der Waals surface area (Å²) in [6.07, 6.45) is 6.02. The van der Waals surface area contributed by atoms with Gasteiger partial charge in [-0.1, -0.05) is 22.9 Å². The molecule has 1 saturated carbocycles. The summed E-state index contributed by atoms with van der Waals surface area (Å²) >= 11 is 7.40. The molecular formula is C25H27ClFN7O2S. The lowest BCUT2D eigenvalue weighted by molar-refractivity contribution is -0.0178. The van der Waals surface area contributed by atoms with Crippen LogP contribution in [-0.4, -0.2) is 69.2 Å². The number of fused-ring (bicyclic) bond motifs is 1. The SMILES string of the molecule is C[C@@H]1CN(c2nc(-c3ccc(Cl)cc3F)c3sc(N(C)CCO)nc3n2)C[C@H](c2cnn(C3CC3)c2)O1. The molecule has 6 rings (SSSR count). The average molecular weight is 544 g/mol. The first kappa shape index (κ1) is 24.5. The van der Waals surface area contributed by atoms with Gasteiger partial charge in [0.25, 0.3) is 0 Å². The molecule has 4 aromatic rings. The molecule has 194 valence electrons. The van der Waals surface area contributed by atoms with Crippen molar-refractivity contribution in [1.82, 2.24) is 24.7 Å². The number of hydrogen-bond acceptors (Lipinski definition) is 9. The van der Waals surface area contributed by atoms with Crippen molar-refractivity contribution >= 4 is 44.4 Å². The first-order valence-electron chi connectivity index (χ1n) is 12.3. The van der Waals surface area contributed by atoms with Crippen LogP contribution in [0.5, 0.6) is 0 Å². The Bertz CT molecular complexity index is 1440. The number of ether oxygens (including phenoxy) is 1. The molecule has 1 aromatic carbocycles. The summed E-state index contributed by atoms with van der Waals surface area (Å²) in [6, 6.07) is 5.07. The van der Waals surface area contributed by atoms with Gasteiger partial charge in [-0.2, -0.15) is 15.1 Å². The van der Waals surface area contributed by atoms with Crippen LogP contribution in [-0.2, 0) is 4.74 Å². The van der Waals surface area contributed by atoms with Gasteiger partial charge in [0.2, 0.25) is 5.95 Å². The molecule has 1 aliphatic carbocycles. The van der Waals surface area contributed by atoms with E-state index in [0.29, 0.717) is 63.4 Å². The van der Waals surface area contributed by atoms with Gasteiger partial charge in [0, 0.05) is 42.5 Å². The molecular weight excluding hydrogens is 517 g/mol. The van der Waals surface area contributed by atoms with Gasteiger partial charge < -0.3 is 19.6 Å². The average Bonchev–Trinajstić information content (AvgIpc) is 3.43. The van der Waals surface area contributed by atoms with Crippen molar-refractivity contribution in [3.05, 3.63) is 47.0 Å². The maximum Gasteiger partial charge on any atom is 0.228 e. The van der Waals surface area contributed by atoms with E-state index in [-0.39, 0.29) is 18.8 Å². The smallest absolute Gasteiger partial charge is 0.228 e. The Kier molecular flexibility index (Phi) is 6.47. The quantitative estimate of drug-likeness (QED) is 0.365. The molecule has 0 spiro atoms. The number of morpholine rings is 1. The summed E-state index contributed by atoms with van der Waals surface area (Å²) in [5.74, 6) is 0.00562. The van der Waals surface area contributed by atoms with Crippen molar-refractivity contribution in [3.63, 3.8) is 0 Å².